The molecular formula is C20H27NO2. The third-order valence-electron chi connectivity index (χ3n) is 6.73. The number of esters is 1. The Balaban J connectivity index is 1.70. The van der Waals surface area contributed by atoms with E-state index in [9.17, 15) is 4.79 Å². The van der Waals surface area contributed by atoms with Crippen molar-refractivity contribution in [3.8, 4) is 0 Å². The number of hydrogen-bond acceptors (Lipinski definition) is 3. The smallest absolute Gasteiger partial charge is 0.337 e. The molecule has 124 valence electrons. The highest BCUT2D eigenvalue weighted by Crippen LogP contribution is 2.49. The summed E-state index contributed by atoms with van der Waals surface area (Å²) in [6.45, 7) is 7.31. The van der Waals surface area contributed by atoms with Gasteiger partial charge < -0.3 is 4.74 Å². The number of hydrogen-bond donors (Lipinski definition) is 0. The number of carbonyl (C=O) groups excluding carboxylic acids is 1. The van der Waals surface area contributed by atoms with Crippen LogP contribution in [0, 0.1) is 11.8 Å². The zero-order valence-corrected chi connectivity index (χ0v) is 14.5. The molecule has 1 saturated heterocycles. The molecule has 0 unspecified atom stereocenters. The lowest BCUT2D eigenvalue weighted by Gasteiger charge is -2.55. The molecule has 0 spiro atoms. The van der Waals surface area contributed by atoms with Gasteiger partial charge in [-0.05, 0) is 72.7 Å². The summed E-state index contributed by atoms with van der Waals surface area (Å²) in [5.41, 5.74) is 3.69. The van der Waals surface area contributed by atoms with Crippen LogP contribution < -0.4 is 0 Å². The van der Waals surface area contributed by atoms with Gasteiger partial charge in [-0.25, -0.2) is 4.79 Å². The Bertz CT molecular complexity index is 637. The molecular weight excluding hydrogens is 286 g/mol. The Morgan fingerprint density at radius 1 is 1.39 bits per heavy atom. The second-order valence-electron chi connectivity index (χ2n) is 8.03. The van der Waals surface area contributed by atoms with Crippen molar-refractivity contribution >= 4 is 5.97 Å². The normalized spacial score (nSPS) is 33.2. The Labute approximate surface area is 139 Å². The van der Waals surface area contributed by atoms with Crippen molar-refractivity contribution in [2.24, 2.45) is 11.8 Å². The highest BCUT2D eigenvalue weighted by molar-refractivity contribution is 5.89. The van der Waals surface area contributed by atoms with Crippen molar-refractivity contribution < 1.29 is 9.53 Å². The van der Waals surface area contributed by atoms with Crippen molar-refractivity contribution in [2.45, 2.75) is 51.0 Å². The van der Waals surface area contributed by atoms with Crippen LogP contribution >= 0.6 is 0 Å². The SMILES string of the molecule is COC(=O)c1ccc2c(c1)[C@@]1(C)CCN(CC3CC3)[C@@H](C2)[C@H]1C. The summed E-state index contributed by atoms with van der Waals surface area (Å²) in [6, 6.07) is 6.86. The number of rotatable bonds is 3. The fourth-order valence-electron chi connectivity index (χ4n) is 4.81. The second-order valence-corrected chi connectivity index (χ2v) is 8.03. The van der Waals surface area contributed by atoms with Gasteiger partial charge in [0.25, 0.3) is 0 Å². The largest absolute Gasteiger partial charge is 0.465 e. The predicted molar refractivity (Wildman–Crippen MR) is 90.7 cm³/mol. The van der Waals surface area contributed by atoms with Crippen molar-refractivity contribution in [3.63, 3.8) is 0 Å². The number of benzene rings is 1. The lowest BCUT2D eigenvalue weighted by Crippen LogP contribution is -2.58. The van der Waals surface area contributed by atoms with E-state index in [1.165, 1.54) is 50.6 Å². The molecule has 0 aromatic heterocycles. The molecule has 3 aliphatic rings. The lowest BCUT2D eigenvalue weighted by atomic mass is 9.59. The topological polar surface area (TPSA) is 29.5 Å². The lowest BCUT2D eigenvalue weighted by molar-refractivity contribution is 0.0283. The molecule has 1 aromatic rings. The standard InChI is InChI=1S/C20H27NO2/c1-13-18-11-15-6-7-16(19(22)23-3)10-17(15)20(13,2)8-9-21(18)12-14-4-5-14/h6-7,10,13-14,18H,4-5,8-9,11-12H2,1-3H3/t13-,18+,20+/m1/s1. The van der Waals surface area contributed by atoms with E-state index in [1.54, 1.807) is 0 Å². The Hall–Kier alpha value is -1.35. The number of methoxy groups -OCH3 is 1. The van der Waals surface area contributed by atoms with E-state index in [0.717, 1.165) is 12.3 Å². The van der Waals surface area contributed by atoms with E-state index in [-0.39, 0.29) is 11.4 Å². The first-order valence-electron chi connectivity index (χ1n) is 8.98. The maximum Gasteiger partial charge on any atom is 0.337 e. The Kier molecular flexibility index (Phi) is 3.53. The van der Waals surface area contributed by atoms with Crippen LogP contribution in [0.15, 0.2) is 18.2 Å². The summed E-state index contributed by atoms with van der Waals surface area (Å²) in [5.74, 6) is 1.36. The highest BCUT2D eigenvalue weighted by Gasteiger charge is 2.49. The van der Waals surface area contributed by atoms with Crippen LogP contribution in [-0.4, -0.2) is 37.1 Å². The van der Waals surface area contributed by atoms with Gasteiger partial charge in [0.05, 0.1) is 12.7 Å². The predicted octanol–water partition coefficient (Wildman–Crippen LogP) is 3.41. The third-order valence-corrected chi connectivity index (χ3v) is 6.73. The number of nitrogens with zero attached hydrogens (tertiary/aromatic N) is 1. The summed E-state index contributed by atoms with van der Waals surface area (Å²) < 4.78 is 4.91. The van der Waals surface area contributed by atoms with Gasteiger partial charge in [0, 0.05) is 12.6 Å². The van der Waals surface area contributed by atoms with Crippen LogP contribution in [0.2, 0.25) is 0 Å². The van der Waals surface area contributed by atoms with Gasteiger partial charge in [-0.15, -0.1) is 0 Å². The van der Waals surface area contributed by atoms with Crippen molar-refractivity contribution in [3.05, 3.63) is 34.9 Å². The fourth-order valence-corrected chi connectivity index (χ4v) is 4.81. The molecule has 3 nitrogen and oxygen atoms in total. The first kappa shape index (κ1) is 15.2. The van der Waals surface area contributed by atoms with Crippen LogP contribution in [0.4, 0.5) is 0 Å². The van der Waals surface area contributed by atoms with Gasteiger partial charge >= 0.3 is 5.97 Å². The van der Waals surface area contributed by atoms with E-state index >= 15 is 0 Å². The number of piperidine rings is 1. The van der Waals surface area contributed by atoms with E-state index < -0.39 is 0 Å². The molecule has 3 atom stereocenters. The van der Waals surface area contributed by atoms with Crippen molar-refractivity contribution in [2.75, 3.05) is 20.2 Å². The van der Waals surface area contributed by atoms with Crippen LogP contribution in [-0.2, 0) is 16.6 Å². The Morgan fingerprint density at radius 2 is 2.17 bits per heavy atom. The maximum atomic E-state index is 11.9. The molecule has 0 amide bonds. The monoisotopic (exact) mass is 313 g/mol. The number of likely N-dealkylation sites (tertiary alicyclic amines) is 1. The van der Waals surface area contributed by atoms with Gasteiger partial charge in [0.15, 0.2) is 0 Å². The van der Waals surface area contributed by atoms with E-state index in [4.69, 9.17) is 4.74 Å². The molecule has 2 bridgehead atoms. The molecule has 1 saturated carbocycles. The summed E-state index contributed by atoms with van der Waals surface area (Å²) in [6.07, 6.45) is 5.16. The summed E-state index contributed by atoms with van der Waals surface area (Å²) >= 11 is 0. The minimum Gasteiger partial charge on any atom is -0.465 e. The van der Waals surface area contributed by atoms with Gasteiger partial charge in [0.2, 0.25) is 0 Å². The molecule has 1 aliphatic heterocycles. The van der Waals surface area contributed by atoms with E-state index in [2.05, 4.69) is 30.9 Å². The fraction of sp³-hybridized carbons (Fsp3) is 0.650. The number of ether oxygens (including phenoxy) is 1. The average molecular weight is 313 g/mol. The minimum atomic E-state index is -0.225. The molecule has 4 rings (SSSR count). The summed E-state index contributed by atoms with van der Waals surface area (Å²) in [5, 5.41) is 0. The molecule has 2 fully saturated rings. The van der Waals surface area contributed by atoms with Crippen LogP contribution in [0.5, 0.6) is 0 Å². The van der Waals surface area contributed by atoms with Gasteiger partial charge in [-0.3, -0.25) is 4.90 Å². The number of carbonyl (C=O) groups is 1. The van der Waals surface area contributed by atoms with Crippen LogP contribution in [0.25, 0.3) is 0 Å². The van der Waals surface area contributed by atoms with Gasteiger partial charge in [-0.2, -0.15) is 0 Å². The zero-order valence-electron chi connectivity index (χ0n) is 14.5. The molecule has 2 aliphatic carbocycles. The molecule has 23 heavy (non-hydrogen) atoms. The maximum absolute atomic E-state index is 11.9. The minimum absolute atomic E-state index is 0.183. The van der Waals surface area contributed by atoms with E-state index in [0.29, 0.717) is 17.5 Å². The Morgan fingerprint density at radius 3 is 2.87 bits per heavy atom. The zero-order chi connectivity index (χ0) is 16.2. The first-order valence-corrected chi connectivity index (χ1v) is 8.98. The van der Waals surface area contributed by atoms with Gasteiger partial charge in [-0.1, -0.05) is 19.9 Å². The summed E-state index contributed by atoms with van der Waals surface area (Å²) in [7, 11) is 1.46. The molecule has 1 aromatic carbocycles. The second kappa shape index (κ2) is 5.34. The third kappa shape index (κ3) is 2.40. The van der Waals surface area contributed by atoms with Crippen LogP contribution in [0.1, 0.15) is 54.6 Å². The van der Waals surface area contributed by atoms with Crippen molar-refractivity contribution in [1.82, 2.24) is 4.90 Å². The molecule has 1 heterocycles. The molecule has 3 heteroatoms. The number of fused-ring (bicyclic) bond motifs is 4. The summed E-state index contributed by atoms with van der Waals surface area (Å²) in [4.78, 5) is 14.7. The quantitative estimate of drug-likeness (QED) is 0.801. The molecule has 0 radical (unpaired) electrons. The molecule has 0 N–H and O–H groups in total. The average Bonchev–Trinajstić information content (AvgIpc) is 3.36. The van der Waals surface area contributed by atoms with Crippen molar-refractivity contribution in [1.29, 1.82) is 0 Å². The highest BCUT2D eigenvalue weighted by atomic mass is 16.5. The van der Waals surface area contributed by atoms with Gasteiger partial charge in [0.1, 0.15) is 0 Å². The first-order chi connectivity index (χ1) is 11.0. The van der Waals surface area contributed by atoms with E-state index in [1.807, 2.05) is 6.07 Å². The van der Waals surface area contributed by atoms with Crippen LogP contribution in [0.3, 0.4) is 0 Å².